The molecular weight excluding hydrogens is 371 g/mol. The maximum atomic E-state index is 11.8. The Morgan fingerprint density at radius 2 is 1.85 bits per heavy atom. The van der Waals surface area contributed by atoms with Crippen molar-refractivity contribution in [2.24, 2.45) is 0 Å². The molecule has 0 aliphatic carbocycles. The van der Waals surface area contributed by atoms with Gasteiger partial charge >= 0.3 is 0 Å². The van der Waals surface area contributed by atoms with Gasteiger partial charge in [-0.15, -0.1) is 0 Å². The molecule has 0 atom stereocenters. The van der Waals surface area contributed by atoms with Crippen LogP contribution in [0.25, 0.3) is 11.1 Å². The van der Waals surface area contributed by atoms with Crippen LogP contribution < -0.4 is 11.3 Å². The van der Waals surface area contributed by atoms with Gasteiger partial charge in [0, 0.05) is 14.7 Å². The molecule has 0 bridgehead atoms. The molecule has 0 aliphatic rings. The number of nitrogens with zero attached hydrogens (tertiary/aromatic N) is 2. The summed E-state index contributed by atoms with van der Waals surface area (Å²) in [6.07, 6.45) is 0. The van der Waals surface area contributed by atoms with E-state index in [0.717, 1.165) is 0 Å². The zero-order chi connectivity index (χ0) is 14.9. The third-order valence-corrected chi connectivity index (χ3v) is 3.61. The van der Waals surface area contributed by atoms with E-state index in [2.05, 4.69) is 4.98 Å². The maximum absolute atomic E-state index is 11.8. The first-order chi connectivity index (χ1) is 9.51. The summed E-state index contributed by atoms with van der Waals surface area (Å²) in [6.45, 7) is 0. The fourth-order valence-corrected chi connectivity index (χ4v) is 2.61. The summed E-state index contributed by atoms with van der Waals surface area (Å²) < 4.78 is 0.598. The molecule has 98 valence electrons. The average Bonchev–Trinajstić information content (AvgIpc) is 2.38. The van der Waals surface area contributed by atoms with Crippen molar-refractivity contribution in [1.29, 1.82) is 10.5 Å². The second kappa shape index (κ2) is 5.23. The second-order valence-corrected chi connectivity index (χ2v) is 5.01. The van der Waals surface area contributed by atoms with Crippen molar-refractivity contribution in [1.82, 2.24) is 4.98 Å². The van der Waals surface area contributed by atoms with Gasteiger partial charge in [0.25, 0.3) is 5.56 Å². The van der Waals surface area contributed by atoms with E-state index < -0.39 is 5.56 Å². The van der Waals surface area contributed by atoms with Crippen molar-refractivity contribution in [3.63, 3.8) is 0 Å². The van der Waals surface area contributed by atoms with Gasteiger partial charge in [-0.2, -0.15) is 10.5 Å². The minimum absolute atomic E-state index is 0.0411. The minimum Gasteiger partial charge on any atom is -0.507 e. The SMILES string of the molecule is N#Cc1c(N)[nH]c(=O)c(C#N)c1-c1c(O)cccc1I. The van der Waals surface area contributed by atoms with Gasteiger partial charge < -0.3 is 15.8 Å². The molecule has 0 saturated carbocycles. The predicted octanol–water partition coefficient (Wildman–Crippen LogP) is 1.68. The highest BCUT2D eigenvalue weighted by molar-refractivity contribution is 14.1. The summed E-state index contributed by atoms with van der Waals surface area (Å²) in [5.41, 5.74) is 4.93. The van der Waals surface area contributed by atoms with Crippen LogP contribution in [0.4, 0.5) is 5.82 Å². The Morgan fingerprint density at radius 1 is 1.20 bits per heavy atom. The molecule has 0 spiro atoms. The number of rotatable bonds is 1. The first-order valence-corrected chi connectivity index (χ1v) is 6.43. The number of nitrogens with two attached hydrogens (primary N) is 1. The molecule has 0 amide bonds. The number of aromatic nitrogens is 1. The number of phenolic OH excluding ortho intramolecular Hbond substituents is 1. The lowest BCUT2D eigenvalue weighted by molar-refractivity contribution is 0.477. The first-order valence-electron chi connectivity index (χ1n) is 5.35. The lowest BCUT2D eigenvalue weighted by atomic mass is 9.96. The number of halogens is 1. The highest BCUT2D eigenvalue weighted by Gasteiger charge is 2.22. The number of hydrogen-bond acceptors (Lipinski definition) is 5. The van der Waals surface area contributed by atoms with E-state index in [4.69, 9.17) is 11.0 Å². The number of pyridine rings is 1. The summed E-state index contributed by atoms with van der Waals surface area (Å²) in [5.74, 6) is -0.263. The number of phenols is 1. The van der Waals surface area contributed by atoms with E-state index in [0.29, 0.717) is 3.57 Å². The Balaban J connectivity index is 3.05. The van der Waals surface area contributed by atoms with E-state index in [1.54, 1.807) is 18.2 Å². The fourth-order valence-electron chi connectivity index (χ4n) is 1.85. The number of aromatic hydroxyl groups is 1. The van der Waals surface area contributed by atoms with E-state index in [1.165, 1.54) is 6.07 Å². The Kier molecular flexibility index (Phi) is 3.63. The van der Waals surface area contributed by atoms with Crippen LogP contribution in [0.2, 0.25) is 0 Å². The first kappa shape index (κ1) is 13.9. The molecule has 6 nitrogen and oxygen atoms in total. The highest BCUT2D eigenvalue weighted by Crippen LogP contribution is 2.37. The van der Waals surface area contributed by atoms with Gasteiger partial charge in [0.15, 0.2) is 0 Å². The average molecular weight is 378 g/mol. The summed E-state index contributed by atoms with van der Waals surface area (Å²) in [4.78, 5) is 14.1. The van der Waals surface area contributed by atoms with Gasteiger partial charge in [0.05, 0.1) is 0 Å². The van der Waals surface area contributed by atoms with Gasteiger partial charge in [0.1, 0.15) is 34.8 Å². The topological polar surface area (TPSA) is 127 Å². The Bertz CT molecular complexity index is 823. The molecule has 0 saturated heterocycles. The van der Waals surface area contributed by atoms with Crippen LogP contribution >= 0.6 is 22.6 Å². The van der Waals surface area contributed by atoms with E-state index in [-0.39, 0.29) is 33.8 Å². The van der Waals surface area contributed by atoms with Crippen LogP contribution in [0.5, 0.6) is 5.75 Å². The molecule has 0 unspecified atom stereocenters. The minimum atomic E-state index is -0.696. The van der Waals surface area contributed by atoms with Crippen molar-refractivity contribution in [3.05, 3.63) is 43.2 Å². The zero-order valence-electron chi connectivity index (χ0n) is 9.94. The van der Waals surface area contributed by atoms with Gasteiger partial charge in [0.2, 0.25) is 0 Å². The molecule has 0 radical (unpaired) electrons. The summed E-state index contributed by atoms with van der Waals surface area (Å²) in [5, 5.41) is 28.3. The lowest BCUT2D eigenvalue weighted by Crippen LogP contribution is -2.16. The van der Waals surface area contributed by atoms with E-state index in [9.17, 15) is 15.2 Å². The molecule has 4 N–H and O–H groups in total. The van der Waals surface area contributed by atoms with Crippen LogP contribution in [-0.4, -0.2) is 10.1 Å². The van der Waals surface area contributed by atoms with Gasteiger partial charge in [-0.25, -0.2) is 0 Å². The van der Waals surface area contributed by atoms with Gasteiger partial charge in [-0.05, 0) is 34.7 Å². The lowest BCUT2D eigenvalue weighted by Gasteiger charge is -2.11. The largest absolute Gasteiger partial charge is 0.507 e. The van der Waals surface area contributed by atoms with Crippen LogP contribution in [-0.2, 0) is 0 Å². The monoisotopic (exact) mass is 378 g/mol. The molecule has 2 aromatic rings. The third kappa shape index (κ3) is 2.08. The number of benzene rings is 1. The fraction of sp³-hybridized carbons (Fsp3) is 0. The Hall–Kier alpha value is -2.52. The molecule has 7 heteroatoms. The van der Waals surface area contributed by atoms with E-state index >= 15 is 0 Å². The van der Waals surface area contributed by atoms with Crippen LogP contribution in [0.1, 0.15) is 11.1 Å². The molecule has 2 rings (SSSR count). The summed E-state index contributed by atoms with van der Waals surface area (Å²) in [7, 11) is 0. The molecule has 1 aromatic carbocycles. The van der Waals surface area contributed by atoms with Crippen molar-refractivity contribution in [2.45, 2.75) is 0 Å². The quantitative estimate of drug-likeness (QED) is 0.651. The van der Waals surface area contributed by atoms with Crippen LogP contribution in [0.3, 0.4) is 0 Å². The molecule has 0 fully saturated rings. The number of nitriles is 2. The third-order valence-electron chi connectivity index (χ3n) is 2.71. The molecular formula is C13H7IN4O2. The van der Waals surface area contributed by atoms with Crippen molar-refractivity contribution < 1.29 is 5.11 Å². The Labute approximate surface area is 127 Å². The predicted molar refractivity (Wildman–Crippen MR) is 80.7 cm³/mol. The van der Waals surface area contributed by atoms with Gasteiger partial charge in [-0.1, -0.05) is 6.07 Å². The molecule has 0 aliphatic heterocycles. The Morgan fingerprint density at radius 3 is 2.40 bits per heavy atom. The summed E-state index contributed by atoms with van der Waals surface area (Å²) in [6, 6.07) is 8.34. The highest BCUT2D eigenvalue weighted by atomic mass is 127. The number of hydrogen-bond donors (Lipinski definition) is 3. The van der Waals surface area contributed by atoms with Crippen molar-refractivity contribution >= 4 is 28.4 Å². The number of aromatic amines is 1. The van der Waals surface area contributed by atoms with Gasteiger partial charge in [-0.3, -0.25) is 4.79 Å². The summed E-state index contributed by atoms with van der Waals surface area (Å²) >= 11 is 1.95. The molecule has 1 aromatic heterocycles. The number of H-pyrrole nitrogens is 1. The van der Waals surface area contributed by atoms with Crippen molar-refractivity contribution in [3.8, 4) is 29.0 Å². The normalized spacial score (nSPS) is 9.75. The zero-order valence-corrected chi connectivity index (χ0v) is 12.1. The standard InChI is InChI=1S/C13H7IN4O2/c14-8-2-1-3-9(19)11(8)10-6(4-15)12(17)18-13(20)7(10)5-16/h1-3,19H,(H3,17,18,20). The second-order valence-electron chi connectivity index (χ2n) is 3.85. The maximum Gasteiger partial charge on any atom is 0.268 e. The van der Waals surface area contributed by atoms with Crippen LogP contribution in [0.15, 0.2) is 23.0 Å². The van der Waals surface area contributed by atoms with Crippen molar-refractivity contribution in [2.75, 3.05) is 5.73 Å². The molecule has 20 heavy (non-hydrogen) atoms. The number of nitrogen functional groups attached to an aromatic ring is 1. The van der Waals surface area contributed by atoms with E-state index in [1.807, 2.05) is 28.7 Å². The smallest absolute Gasteiger partial charge is 0.268 e. The number of nitrogens with one attached hydrogen (secondary N) is 1. The molecule has 1 heterocycles. The van der Waals surface area contributed by atoms with Crippen LogP contribution in [0, 0.1) is 26.2 Å². The number of anilines is 1.